The van der Waals surface area contributed by atoms with Crippen LogP contribution in [0.15, 0.2) is 47.4 Å². The minimum absolute atomic E-state index is 0.177. The highest BCUT2D eigenvalue weighted by atomic mass is 32.2. The number of nitrogens with one attached hydrogen (secondary N) is 1. The van der Waals surface area contributed by atoms with E-state index in [2.05, 4.69) is 5.32 Å². The van der Waals surface area contributed by atoms with Gasteiger partial charge in [-0.05, 0) is 60.7 Å². The maximum atomic E-state index is 12.9. The minimum Gasteiger partial charge on any atom is -0.496 e. The molecule has 6 nitrogen and oxygen atoms in total. The molecule has 0 saturated carbocycles. The second-order valence-electron chi connectivity index (χ2n) is 6.99. The molecule has 1 saturated heterocycles. The molecule has 0 aromatic heterocycles. The topological polar surface area (TPSA) is 75.7 Å². The molecule has 1 heterocycles. The van der Waals surface area contributed by atoms with Gasteiger partial charge in [0, 0.05) is 26.1 Å². The van der Waals surface area contributed by atoms with Crippen LogP contribution in [0.2, 0.25) is 0 Å². The van der Waals surface area contributed by atoms with E-state index in [1.165, 1.54) is 23.5 Å². The number of aryl methyl sites for hydroxylation is 1. The molecule has 0 unspecified atom stereocenters. The smallest absolute Gasteiger partial charge is 0.243 e. The predicted octanol–water partition coefficient (Wildman–Crippen LogP) is 2.87. The summed E-state index contributed by atoms with van der Waals surface area (Å²) in [7, 11) is -2.01. The van der Waals surface area contributed by atoms with Crippen molar-refractivity contribution in [2.45, 2.75) is 37.1 Å². The van der Waals surface area contributed by atoms with E-state index in [0.29, 0.717) is 37.4 Å². The standard InChI is InChI=1S/C21H25FN2O4S/c1-28-20-10-9-19(29(26,27)24-12-2-3-13-24)14-17(20)6-11-21(25)23-15-16-4-7-18(22)8-5-16/h4-5,7-10,14H,2-3,6,11-13,15H2,1H3,(H,23,25). The van der Waals surface area contributed by atoms with E-state index in [0.717, 1.165) is 18.4 Å². The Labute approximate surface area is 170 Å². The van der Waals surface area contributed by atoms with E-state index in [-0.39, 0.29) is 23.0 Å². The highest BCUT2D eigenvalue weighted by Gasteiger charge is 2.27. The third-order valence-corrected chi connectivity index (χ3v) is 6.87. The Morgan fingerprint density at radius 2 is 1.83 bits per heavy atom. The van der Waals surface area contributed by atoms with Crippen molar-refractivity contribution in [3.63, 3.8) is 0 Å². The summed E-state index contributed by atoms with van der Waals surface area (Å²) in [5, 5.41) is 2.79. The number of amides is 1. The van der Waals surface area contributed by atoms with Gasteiger partial charge in [0.2, 0.25) is 15.9 Å². The zero-order valence-corrected chi connectivity index (χ0v) is 17.2. The van der Waals surface area contributed by atoms with Gasteiger partial charge in [0.1, 0.15) is 11.6 Å². The SMILES string of the molecule is COc1ccc(S(=O)(=O)N2CCCC2)cc1CCC(=O)NCc1ccc(F)cc1. The van der Waals surface area contributed by atoms with Crippen molar-refractivity contribution >= 4 is 15.9 Å². The molecule has 3 rings (SSSR count). The summed E-state index contributed by atoms with van der Waals surface area (Å²) in [6, 6.07) is 10.7. The summed E-state index contributed by atoms with van der Waals surface area (Å²) in [6.45, 7) is 1.38. The number of hydrogen-bond donors (Lipinski definition) is 1. The van der Waals surface area contributed by atoms with Gasteiger partial charge in [-0.1, -0.05) is 12.1 Å². The fraction of sp³-hybridized carbons (Fsp3) is 0.381. The largest absolute Gasteiger partial charge is 0.496 e. The van der Waals surface area contributed by atoms with Crippen LogP contribution in [0.3, 0.4) is 0 Å². The summed E-state index contributed by atoms with van der Waals surface area (Å²) in [6.07, 6.45) is 2.28. The van der Waals surface area contributed by atoms with Crippen molar-refractivity contribution in [1.29, 1.82) is 0 Å². The number of carbonyl (C=O) groups is 1. The van der Waals surface area contributed by atoms with Gasteiger partial charge in [0.15, 0.2) is 0 Å². The fourth-order valence-corrected chi connectivity index (χ4v) is 4.90. The van der Waals surface area contributed by atoms with Crippen LogP contribution >= 0.6 is 0 Å². The van der Waals surface area contributed by atoms with Gasteiger partial charge in [-0.15, -0.1) is 0 Å². The molecule has 156 valence electrons. The van der Waals surface area contributed by atoms with Crippen molar-refractivity contribution < 1.29 is 22.3 Å². The molecule has 29 heavy (non-hydrogen) atoms. The van der Waals surface area contributed by atoms with Gasteiger partial charge in [-0.25, -0.2) is 12.8 Å². The highest BCUT2D eigenvalue weighted by Crippen LogP contribution is 2.27. The van der Waals surface area contributed by atoms with Crippen LogP contribution in [0.1, 0.15) is 30.4 Å². The Morgan fingerprint density at radius 1 is 1.14 bits per heavy atom. The van der Waals surface area contributed by atoms with Crippen LogP contribution < -0.4 is 10.1 Å². The summed E-state index contributed by atoms with van der Waals surface area (Å²) in [4.78, 5) is 12.4. The molecule has 1 fully saturated rings. The number of rotatable bonds is 8. The van der Waals surface area contributed by atoms with E-state index < -0.39 is 10.0 Å². The van der Waals surface area contributed by atoms with Crippen LogP contribution in [0.4, 0.5) is 4.39 Å². The molecule has 0 atom stereocenters. The molecule has 2 aromatic carbocycles. The minimum atomic E-state index is -3.53. The van der Waals surface area contributed by atoms with E-state index in [1.54, 1.807) is 30.3 Å². The number of carbonyl (C=O) groups excluding carboxylic acids is 1. The van der Waals surface area contributed by atoms with E-state index in [9.17, 15) is 17.6 Å². The molecular weight excluding hydrogens is 395 g/mol. The van der Waals surface area contributed by atoms with Gasteiger partial charge < -0.3 is 10.1 Å². The lowest BCUT2D eigenvalue weighted by molar-refractivity contribution is -0.121. The average Bonchev–Trinajstić information content (AvgIpc) is 3.27. The molecular formula is C21H25FN2O4S. The molecule has 1 aliphatic rings. The first kappa shape index (κ1) is 21.3. The number of nitrogens with zero attached hydrogens (tertiary/aromatic N) is 1. The fourth-order valence-electron chi connectivity index (χ4n) is 3.33. The van der Waals surface area contributed by atoms with Crippen molar-refractivity contribution in [3.05, 3.63) is 59.4 Å². The zero-order valence-electron chi connectivity index (χ0n) is 16.4. The van der Waals surface area contributed by atoms with Gasteiger partial charge >= 0.3 is 0 Å². The second-order valence-corrected chi connectivity index (χ2v) is 8.93. The lowest BCUT2D eigenvalue weighted by Crippen LogP contribution is -2.28. The predicted molar refractivity (Wildman–Crippen MR) is 108 cm³/mol. The number of benzene rings is 2. The monoisotopic (exact) mass is 420 g/mol. The summed E-state index contributed by atoms with van der Waals surface area (Å²) in [5.41, 5.74) is 1.47. The van der Waals surface area contributed by atoms with Crippen LogP contribution in [-0.4, -0.2) is 38.8 Å². The lowest BCUT2D eigenvalue weighted by atomic mass is 10.1. The molecule has 2 aromatic rings. The maximum absolute atomic E-state index is 12.9. The third kappa shape index (κ3) is 5.33. The maximum Gasteiger partial charge on any atom is 0.243 e. The summed E-state index contributed by atoms with van der Waals surface area (Å²) >= 11 is 0. The van der Waals surface area contributed by atoms with Crippen LogP contribution in [0.5, 0.6) is 5.75 Å². The van der Waals surface area contributed by atoms with Gasteiger partial charge in [-0.2, -0.15) is 4.31 Å². The van der Waals surface area contributed by atoms with Crippen molar-refractivity contribution in [2.75, 3.05) is 20.2 Å². The molecule has 8 heteroatoms. The first-order valence-electron chi connectivity index (χ1n) is 9.58. The second kappa shape index (κ2) is 9.37. The quantitative estimate of drug-likeness (QED) is 0.713. The van der Waals surface area contributed by atoms with Crippen LogP contribution in [0.25, 0.3) is 0 Å². The highest BCUT2D eigenvalue weighted by molar-refractivity contribution is 7.89. The number of methoxy groups -OCH3 is 1. The van der Waals surface area contributed by atoms with Gasteiger partial charge in [0.25, 0.3) is 0 Å². The van der Waals surface area contributed by atoms with Gasteiger partial charge in [-0.3, -0.25) is 4.79 Å². The normalized spacial score (nSPS) is 14.7. The molecule has 0 spiro atoms. The summed E-state index contributed by atoms with van der Waals surface area (Å²) in [5.74, 6) is 0.0526. The molecule has 1 amide bonds. The first-order chi connectivity index (χ1) is 13.9. The van der Waals surface area contributed by atoms with Crippen molar-refractivity contribution in [2.24, 2.45) is 0 Å². The van der Waals surface area contributed by atoms with E-state index >= 15 is 0 Å². The molecule has 1 N–H and O–H groups in total. The number of ether oxygens (including phenoxy) is 1. The lowest BCUT2D eigenvalue weighted by Gasteiger charge is -2.17. The Kier molecular flexibility index (Phi) is 6.87. The Hall–Kier alpha value is -2.45. The van der Waals surface area contributed by atoms with Gasteiger partial charge in [0.05, 0.1) is 12.0 Å². The Morgan fingerprint density at radius 3 is 2.48 bits per heavy atom. The molecule has 0 radical (unpaired) electrons. The number of halogens is 1. The van der Waals surface area contributed by atoms with Crippen molar-refractivity contribution in [3.8, 4) is 5.75 Å². The third-order valence-electron chi connectivity index (χ3n) is 4.98. The molecule has 0 aliphatic carbocycles. The van der Waals surface area contributed by atoms with E-state index in [4.69, 9.17) is 4.74 Å². The molecule has 1 aliphatic heterocycles. The van der Waals surface area contributed by atoms with Crippen molar-refractivity contribution in [1.82, 2.24) is 9.62 Å². The van der Waals surface area contributed by atoms with E-state index in [1.807, 2.05) is 0 Å². The number of sulfonamides is 1. The molecule has 0 bridgehead atoms. The zero-order chi connectivity index (χ0) is 20.9. The number of hydrogen-bond acceptors (Lipinski definition) is 4. The van der Waals surface area contributed by atoms with Crippen LogP contribution in [-0.2, 0) is 27.8 Å². The Bertz CT molecular complexity index is 955. The van der Waals surface area contributed by atoms with Crippen LogP contribution in [0, 0.1) is 5.82 Å². The average molecular weight is 421 g/mol. The Balaban J connectivity index is 1.64. The first-order valence-corrected chi connectivity index (χ1v) is 11.0. The summed E-state index contributed by atoms with van der Waals surface area (Å²) < 4.78 is 45.3.